The molecule has 0 bridgehead atoms. The number of aryl methyl sites for hydroxylation is 3. The van der Waals surface area contributed by atoms with E-state index in [2.05, 4.69) is 69.1 Å². The third-order valence-electron chi connectivity index (χ3n) is 3.64. The minimum absolute atomic E-state index is 0.299. The summed E-state index contributed by atoms with van der Waals surface area (Å²) < 4.78 is 3.25. The second-order valence-corrected chi connectivity index (χ2v) is 6.00. The predicted molar refractivity (Wildman–Crippen MR) is 87.0 cm³/mol. The first-order valence-corrected chi connectivity index (χ1v) is 7.81. The molecule has 1 aromatic heterocycles. The summed E-state index contributed by atoms with van der Waals surface area (Å²) in [5.41, 5.74) is 4.92. The molecule has 20 heavy (non-hydrogen) atoms. The average molecular weight is 336 g/mol. The van der Waals surface area contributed by atoms with Crippen LogP contribution < -0.4 is 5.32 Å². The molecule has 4 heteroatoms. The molecule has 0 saturated heterocycles. The molecule has 0 aliphatic rings. The van der Waals surface area contributed by atoms with Crippen LogP contribution in [0.2, 0.25) is 0 Å². The monoisotopic (exact) mass is 335 g/mol. The first-order valence-electron chi connectivity index (χ1n) is 7.01. The Balaban J connectivity index is 2.26. The van der Waals surface area contributed by atoms with E-state index in [1.807, 2.05) is 14.0 Å². The number of rotatable bonds is 5. The quantitative estimate of drug-likeness (QED) is 0.900. The molecule has 0 saturated carbocycles. The normalized spacial score (nSPS) is 12.7. The highest BCUT2D eigenvalue weighted by atomic mass is 79.9. The Bertz CT molecular complexity index is 589. The van der Waals surface area contributed by atoms with E-state index in [-0.39, 0.29) is 0 Å². The molecule has 1 unspecified atom stereocenters. The Morgan fingerprint density at radius 2 is 2.05 bits per heavy atom. The van der Waals surface area contributed by atoms with Crippen molar-refractivity contribution in [3.63, 3.8) is 0 Å². The topological polar surface area (TPSA) is 29.9 Å². The van der Waals surface area contributed by atoms with Crippen molar-refractivity contribution < 1.29 is 0 Å². The lowest BCUT2D eigenvalue weighted by Gasteiger charge is -2.18. The number of aromatic nitrogens is 2. The van der Waals surface area contributed by atoms with Crippen molar-refractivity contribution in [3.05, 3.63) is 51.3 Å². The number of nitrogens with one attached hydrogen (secondary N) is 1. The molecule has 1 atom stereocenters. The minimum Gasteiger partial charge on any atom is -0.313 e. The van der Waals surface area contributed by atoms with Gasteiger partial charge in [-0.25, -0.2) is 0 Å². The van der Waals surface area contributed by atoms with E-state index in [1.54, 1.807) is 0 Å². The molecule has 3 nitrogen and oxygen atoms in total. The fourth-order valence-electron chi connectivity index (χ4n) is 2.46. The van der Waals surface area contributed by atoms with Gasteiger partial charge in [-0.3, -0.25) is 4.68 Å². The molecule has 0 spiro atoms. The van der Waals surface area contributed by atoms with E-state index in [0.29, 0.717) is 6.04 Å². The van der Waals surface area contributed by atoms with Gasteiger partial charge >= 0.3 is 0 Å². The Morgan fingerprint density at radius 1 is 1.30 bits per heavy atom. The molecule has 0 fully saturated rings. The zero-order valence-electron chi connectivity index (χ0n) is 12.6. The molecular weight excluding hydrogens is 314 g/mol. The predicted octanol–water partition coefficient (Wildman–Crippen LogP) is 3.79. The fourth-order valence-corrected chi connectivity index (χ4v) is 2.86. The van der Waals surface area contributed by atoms with Crippen LogP contribution in [0.3, 0.4) is 0 Å². The molecule has 108 valence electrons. The van der Waals surface area contributed by atoms with E-state index >= 15 is 0 Å². The number of benzene rings is 1. The van der Waals surface area contributed by atoms with Crippen molar-refractivity contribution in [1.29, 1.82) is 0 Å². The van der Waals surface area contributed by atoms with E-state index < -0.39 is 0 Å². The van der Waals surface area contributed by atoms with Gasteiger partial charge in [-0.05, 0) is 51.1 Å². The van der Waals surface area contributed by atoms with Crippen molar-refractivity contribution in [2.45, 2.75) is 39.8 Å². The molecule has 0 aliphatic carbocycles. The molecule has 0 aliphatic heterocycles. The van der Waals surface area contributed by atoms with Gasteiger partial charge in [0.25, 0.3) is 0 Å². The van der Waals surface area contributed by atoms with Gasteiger partial charge in [0.2, 0.25) is 0 Å². The third kappa shape index (κ3) is 3.30. The molecule has 2 aromatic rings. The number of nitrogens with zero attached hydrogens (tertiary/aromatic N) is 2. The lowest BCUT2D eigenvalue weighted by molar-refractivity contribution is 0.541. The molecule has 2 rings (SSSR count). The van der Waals surface area contributed by atoms with Gasteiger partial charge in [-0.2, -0.15) is 5.10 Å². The van der Waals surface area contributed by atoms with Gasteiger partial charge in [0.1, 0.15) is 0 Å². The molecular formula is C16H22BrN3. The van der Waals surface area contributed by atoms with Gasteiger partial charge in [0.05, 0.1) is 5.69 Å². The van der Waals surface area contributed by atoms with Gasteiger partial charge in [-0.15, -0.1) is 0 Å². The van der Waals surface area contributed by atoms with Crippen LogP contribution in [0.25, 0.3) is 0 Å². The summed E-state index contributed by atoms with van der Waals surface area (Å²) in [6.45, 7) is 7.20. The summed E-state index contributed by atoms with van der Waals surface area (Å²) in [7, 11) is 2.01. The highest BCUT2D eigenvalue weighted by molar-refractivity contribution is 9.10. The SMILES string of the molecule is CCn1nc(C)cc1CC(NC)c1ccc(C)c(Br)c1. The molecule has 1 heterocycles. The van der Waals surface area contributed by atoms with Gasteiger partial charge in [-0.1, -0.05) is 28.1 Å². The van der Waals surface area contributed by atoms with Crippen LogP contribution in [0.15, 0.2) is 28.7 Å². The first kappa shape index (κ1) is 15.3. The second-order valence-electron chi connectivity index (χ2n) is 5.15. The Labute approximate surface area is 129 Å². The lowest BCUT2D eigenvalue weighted by Crippen LogP contribution is -2.20. The van der Waals surface area contributed by atoms with Crippen molar-refractivity contribution in [3.8, 4) is 0 Å². The maximum Gasteiger partial charge on any atom is 0.0596 e. The summed E-state index contributed by atoms with van der Waals surface area (Å²) in [5.74, 6) is 0. The Kier molecular flexibility index (Phi) is 5.00. The number of hydrogen-bond donors (Lipinski definition) is 1. The Hall–Kier alpha value is -1.13. The number of hydrogen-bond acceptors (Lipinski definition) is 2. The van der Waals surface area contributed by atoms with Crippen molar-refractivity contribution in [1.82, 2.24) is 15.1 Å². The summed E-state index contributed by atoms with van der Waals surface area (Å²) in [5, 5.41) is 7.93. The van der Waals surface area contributed by atoms with Gasteiger partial charge in [0.15, 0.2) is 0 Å². The van der Waals surface area contributed by atoms with Crippen LogP contribution in [0.4, 0.5) is 0 Å². The van der Waals surface area contributed by atoms with Crippen molar-refractivity contribution in [2.24, 2.45) is 0 Å². The average Bonchev–Trinajstić information content (AvgIpc) is 2.79. The summed E-state index contributed by atoms with van der Waals surface area (Å²) in [6.07, 6.45) is 0.945. The molecule has 0 radical (unpaired) electrons. The van der Waals surface area contributed by atoms with Crippen LogP contribution >= 0.6 is 15.9 Å². The third-order valence-corrected chi connectivity index (χ3v) is 4.50. The van der Waals surface area contributed by atoms with E-state index in [1.165, 1.54) is 16.8 Å². The van der Waals surface area contributed by atoms with Crippen LogP contribution in [-0.4, -0.2) is 16.8 Å². The molecule has 0 amide bonds. The van der Waals surface area contributed by atoms with E-state index in [9.17, 15) is 0 Å². The van der Waals surface area contributed by atoms with E-state index in [4.69, 9.17) is 0 Å². The maximum atomic E-state index is 4.52. The molecule has 1 N–H and O–H groups in total. The molecule has 1 aromatic carbocycles. The zero-order chi connectivity index (χ0) is 14.7. The van der Waals surface area contributed by atoms with E-state index in [0.717, 1.165) is 23.1 Å². The largest absolute Gasteiger partial charge is 0.313 e. The Morgan fingerprint density at radius 3 is 2.65 bits per heavy atom. The highest BCUT2D eigenvalue weighted by Crippen LogP contribution is 2.24. The van der Waals surface area contributed by atoms with Crippen LogP contribution in [-0.2, 0) is 13.0 Å². The smallest absolute Gasteiger partial charge is 0.0596 e. The van der Waals surface area contributed by atoms with Crippen molar-refractivity contribution in [2.75, 3.05) is 7.05 Å². The second kappa shape index (κ2) is 6.55. The standard InChI is InChI=1S/C16H22BrN3/c1-5-20-14(8-12(3)19-20)10-16(18-4)13-7-6-11(2)15(17)9-13/h6-9,16,18H,5,10H2,1-4H3. The summed E-state index contributed by atoms with van der Waals surface area (Å²) in [4.78, 5) is 0. The zero-order valence-corrected chi connectivity index (χ0v) is 14.2. The fraction of sp³-hybridized carbons (Fsp3) is 0.438. The number of halogens is 1. The summed E-state index contributed by atoms with van der Waals surface area (Å²) >= 11 is 3.62. The van der Waals surface area contributed by atoms with Gasteiger partial charge in [0, 0.05) is 29.2 Å². The van der Waals surface area contributed by atoms with Crippen LogP contribution in [0.1, 0.15) is 35.5 Å². The maximum absolute atomic E-state index is 4.52. The highest BCUT2D eigenvalue weighted by Gasteiger charge is 2.14. The van der Waals surface area contributed by atoms with Gasteiger partial charge < -0.3 is 5.32 Å². The van der Waals surface area contributed by atoms with Crippen molar-refractivity contribution >= 4 is 15.9 Å². The van der Waals surface area contributed by atoms with Crippen LogP contribution in [0.5, 0.6) is 0 Å². The lowest BCUT2D eigenvalue weighted by atomic mass is 10.0. The first-order chi connectivity index (χ1) is 9.55. The number of likely N-dealkylation sites (N-methyl/N-ethyl adjacent to an activating group) is 1. The van der Waals surface area contributed by atoms with Crippen LogP contribution in [0, 0.1) is 13.8 Å². The minimum atomic E-state index is 0.299. The summed E-state index contributed by atoms with van der Waals surface area (Å²) in [6, 6.07) is 9.04.